The number of rotatable bonds is 9. The molecule has 0 heterocycles. The summed E-state index contributed by atoms with van der Waals surface area (Å²) in [6.07, 6.45) is 3.16. The molecule has 0 spiro atoms. The lowest BCUT2D eigenvalue weighted by Crippen LogP contribution is -2.51. The average molecular weight is 389 g/mol. The minimum atomic E-state index is -3.59. The Morgan fingerprint density at radius 1 is 1.04 bits per heavy atom. The van der Waals surface area contributed by atoms with Gasteiger partial charge in [0, 0.05) is 6.04 Å². The van der Waals surface area contributed by atoms with E-state index in [2.05, 4.69) is 17.4 Å². The Bertz CT molecular complexity index is 823. The van der Waals surface area contributed by atoms with Gasteiger partial charge in [-0.15, -0.1) is 0 Å². The average Bonchev–Trinajstić information content (AvgIpc) is 2.64. The Hall–Kier alpha value is -2.34. The molecule has 2 aromatic rings. The van der Waals surface area contributed by atoms with E-state index in [1.807, 2.05) is 38.1 Å². The molecule has 5 nitrogen and oxygen atoms in total. The van der Waals surface area contributed by atoms with Crippen LogP contribution in [0.3, 0.4) is 0 Å². The molecule has 1 amide bonds. The highest BCUT2D eigenvalue weighted by Gasteiger charge is 2.31. The van der Waals surface area contributed by atoms with Crippen LogP contribution in [-0.2, 0) is 21.2 Å². The molecule has 0 bridgehead atoms. The fourth-order valence-electron chi connectivity index (χ4n) is 3.07. The molecule has 0 aliphatic heterocycles. The van der Waals surface area contributed by atoms with Gasteiger partial charge in [-0.3, -0.25) is 9.10 Å². The first-order chi connectivity index (χ1) is 12.8. The summed E-state index contributed by atoms with van der Waals surface area (Å²) >= 11 is 0. The van der Waals surface area contributed by atoms with Crippen molar-refractivity contribution in [3.63, 3.8) is 0 Å². The number of sulfonamides is 1. The fourth-order valence-corrected chi connectivity index (χ4v) is 4.29. The summed E-state index contributed by atoms with van der Waals surface area (Å²) < 4.78 is 26.0. The van der Waals surface area contributed by atoms with Gasteiger partial charge in [-0.25, -0.2) is 8.42 Å². The molecule has 0 unspecified atom stereocenters. The zero-order chi connectivity index (χ0) is 19.9. The van der Waals surface area contributed by atoms with Crippen molar-refractivity contribution in [2.75, 3.05) is 10.6 Å². The molecule has 1 N–H and O–H groups in total. The number of anilines is 1. The third kappa shape index (κ3) is 6.10. The quantitative estimate of drug-likeness (QED) is 0.716. The molecule has 0 aliphatic rings. The molecule has 146 valence electrons. The highest BCUT2D eigenvalue weighted by Crippen LogP contribution is 2.22. The van der Waals surface area contributed by atoms with Crippen LogP contribution in [0.1, 0.15) is 32.3 Å². The van der Waals surface area contributed by atoms with Gasteiger partial charge in [0.1, 0.15) is 6.04 Å². The number of para-hydroxylation sites is 1. The Labute approximate surface area is 162 Å². The highest BCUT2D eigenvalue weighted by molar-refractivity contribution is 7.92. The molecule has 0 aliphatic carbocycles. The molecule has 2 rings (SSSR count). The van der Waals surface area contributed by atoms with Crippen LogP contribution in [0.4, 0.5) is 5.69 Å². The third-order valence-corrected chi connectivity index (χ3v) is 5.62. The second kappa shape index (κ2) is 9.55. The number of aryl methyl sites for hydroxylation is 1. The number of carbonyl (C=O) groups excluding carboxylic acids is 1. The summed E-state index contributed by atoms with van der Waals surface area (Å²) in [6.45, 7) is 3.76. The summed E-state index contributed by atoms with van der Waals surface area (Å²) in [7, 11) is -3.59. The van der Waals surface area contributed by atoms with Gasteiger partial charge < -0.3 is 5.32 Å². The smallest absolute Gasteiger partial charge is 0.244 e. The molecule has 6 heteroatoms. The van der Waals surface area contributed by atoms with Crippen molar-refractivity contribution in [1.82, 2.24) is 5.32 Å². The van der Waals surface area contributed by atoms with Crippen molar-refractivity contribution in [1.29, 1.82) is 0 Å². The first kappa shape index (κ1) is 21.0. The van der Waals surface area contributed by atoms with E-state index in [-0.39, 0.29) is 11.9 Å². The largest absolute Gasteiger partial charge is 0.352 e. The normalized spacial score (nSPS) is 13.6. The predicted molar refractivity (Wildman–Crippen MR) is 110 cm³/mol. The monoisotopic (exact) mass is 388 g/mol. The van der Waals surface area contributed by atoms with Crippen LogP contribution in [0, 0.1) is 0 Å². The number of nitrogens with zero attached hydrogens (tertiary/aromatic N) is 1. The van der Waals surface area contributed by atoms with Gasteiger partial charge in [-0.05, 0) is 43.9 Å². The Morgan fingerprint density at radius 2 is 1.59 bits per heavy atom. The zero-order valence-electron chi connectivity index (χ0n) is 16.1. The summed E-state index contributed by atoms with van der Waals surface area (Å²) in [6, 6.07) is 18.0. The maximum atomic E-state index is 12.8. The second-order valence-electron chi connectivity index (χ2n) is 6.75. The van der Waals surface area contributed by atoms with E-state index in [4.69, 9.17) is 0 Å². The number of hydrogen-bond acceptors (Lipinski definition) is 3. The third-order valence-electron chi connectivity index (χ3n) is 4.44. The standard InChI is InChI=1S/C21H28N2O3S/c1-4-20(23(27(3,25)26)19-13-9-6-10-14-19)21(24)22-17(2)15-16-18-11-7-5-8-12-18/h5-14,17,20H,4,15-16H2,1-3H3,(H,22,24)/t17-,20-/m0/s1. The van der Waals surface area contributed by atoms with E-state index >= 15 is 0 Å². The SMILES string of the molecule is CC[C@@H](C(=O)N[C@@H](C)CCc1ccccc1)N(c1ccccc1)S(C)(=O)=O. The number of carbonyl (C=O) groups is 1. The van der Waals surface area contributed by atoms with Crippen molar-refractivity contribution in [2.24, 2.45) is 0 Å². The summed E-state index contributed by atoms with van der Waals surface area (Å²) in [5.41, 5.74) is 1.71. The van der Waals surface area contributed by atoms with Gasteiger partial charge in [-0.1, -0.05) is 55.5 Å². The predicted octanol–water partition coefficient (Wildman–Crippen LogP) is 3.37. The number of hydrogen-bond donors (Lipinski definition) is 1. The van der Waals surface area contributed by atoms with E-state index in [1.165, 1.54) is 9.87 Å². The molecule has 0 radical (unpaired) electrons. The minimum Gasteiger partial charge on any atom is -0.352 e. The van der Waals surface area contributed by atoms with E-state index in [0.29, 0.717) is 12.1 Å². The Balaban J connectivity index is 2.08. The maximum Gasteiger partial charge on any atom is 0.244 e. The van der Waals surface area contributed by atoms with Crippen molar-refractivity contribution in [2.45, 2.75) is 45.2 Å². The summed E-state index contributed by atoms with van der Waals surface area (Å²) in [4.78, 5) is 12.8. The second-order valence-corrected chi connectivity index (χ2v) is 8.61. The molecule has 0 saturated carbocycles. The first-order valence-corrected chi connectivity index (χ1v) is 11.1. The van der Waals surface area contributed by atoms with Gasteiger partial charge in [0.25, 0.3) is 0 Å². The maximum absolute atomic E-state index is 12.8. The van der Waals surface area contributed by atoms with Crippen molar-refractivity contribution < 1.29 is 13.2 Å². The van der Waals surface area contributed by atoms with Crippen LogP contribution < -0.4 is 9.62 Å². The van der Waals surface area contributed by atoms with Gasteiger partial charge in [-0.2, -0.15) is 0 Å². The molecular weight excluding hydrogens is 360 g/mol. The molecule has 0 aromatic heterocycles. The molecule has 0 saturated heterocycles. The molecule has 27 heavy (non-hydrogen) atoms. The van der Waals surface area contributed by atoms with Gasteiger partial charge in [0.05, 0.1) is 11.9 Å². The van der Waals surface area contributed by atoms with Gasteiger partial charge >= 0.3 is 0 Å². The van der Waals surface area contributed by atoms with Gasteiger partial charge in [0.2, 0.25) is 15.9 Å². The van der Waals surface area contributed by atoms with E-state index < -0.39 is 16.1 Å². The van der Waals surface area contributed by atoms with Crippen LogP contribution in [-0.4, -0.2) is 32.7 Å². The molecular formula is C21H28N2O3S. The van der Waals surface area contributed by atoms with E-state index in [9.17, 15) is 13.2 Å². The lowest BCUT2D eigenvalue weighted by Gasteiger charge is -2.31. The van der Waals surface area contributed by atoms with Crippen molar-refractivity contribution in [3.05, 3.63) is 66.2 Å². The van der Waals surface area contributed by atoms with Crippen LogP contribution in [0.25, 0.3) is 0 Å². The number of benzene rings is 2. The topological polar surface area (TPSA) is 66.5 Å². The Kier molecular flexibility index (Phi) is 7.42. The lowest BCUT2D eigenvalue weighted by atomic mass is 10.1. The van der Waals surface area contributed by atoms with Crippen LogP contribution in [0.2, 0.25) is 0 Å². The van der Waals surface area contributed by atoms with Crippen LogP contribution >= 0.6 is 0 Å². The Morgan fingerprint density at radius 3 is 2.11 bits per heavy atom. The summed E-state index contributed by atoms with van der Waals surface area (Å²) in [5.74, 6) is -0.271. The van der Waals surface area contributed by atoms with Gasteiger partial charge in [0.15, 0.2) is 0 Å². The first-order valence-electron chi connectivity index (χ1n) is 9.21. The summed E-state index contributed by atoms with van der Waals surface area (Å²) in [5, 5.41) is 2.98. The zero-order valence-corrected chi connectivity index (χ0v) is 16.9. The van der Waals surface area contributed by atoms with Crippen LogP contribution in [0.5, 0.6) is 0 Å². The highest BCUT2D eigenvalue weighted by atomic mass is 32.2. The number of nitrogens with one attached hydrogen (secondary N) is 1. The van der Waals surface area contributed by atoms with Crippen molar-refractivity contribution >= 4 is 21.6 Å². The molecule has 0 fully saturated rings. The lowest BCUT2D eigenvalue weighted by molar-refractivity contribution is -0.122. The van der Waals surface area contributed by atoms with E-state index in [0.717, 1.165) is 19.1 Å². The minimum absolute atomic E-state index is 0.0519. The number of amides is 1. The molecule has 2 aromatic carbocycles. The van der Waals surface area contributed by atoms with E-state index in [1.54, 1.807) is 24.3 Å². The fraction of sp³-hybridized carbons (Fsp3) is 0.381. The van der Waals surface area contributed by atoms with Crippen molar-refractivity contribution in [3.8, 4) is 0 Å². The molecule has 2 atom stereocenters. The van der Waals surface area contributed by atoms with Crippen LogP contribution in [0.15, 0.2) is 60.7 Å².